The summed E-state index contributed by atoms with van der Waals surface area (Å²) in [7, 11) is 1.41. The average Bonchev–Trinajstić information content (AvgIpc) is 3.30. The van der Waals surface area contributed by atoms with Gasteiger partial charge in [0.05, 0.1) is 12.1 Å². The lowest BCUT2D eigenvalue weighted by Crippen LogP contribution is -2.33. The number of anilines is 1. The monoisotopic (exact) mass is 471 g/mol. The van der Waals surface area contributed by atoms with Crippen molar-refractivity contribution in [3.8, 4) is 17.6 Å². The smallest absolute Gasteiger partial charge is 0.262 e. The van der Waals surface area contributed by atoms with E-state index in [1.165, 1.54) is 43.5 Å². The molecule has 0 unspecified atom stereocenters. The summed E-state index contributed by atoms with van der Waals surface area (Å²) >= 11 is 6.33. The first-order valence-corrected chi connectivity index (χ1v) is 10.8. The van der Waals surface area contributed by atoms with Gasteiger partial charge in [0.15, 0.2) is 18.1 Å². The maximum Gasteiger partial charge on any atom is 0.262 e. The van der Waals surface area contributed by atoms with Crippen LogP contribution < -0.4 is 20.1 Å². The second-order valence-corrected chi connectivity index (χ2v) is 7.91. The van der Waals surface area contributed by atoms with Crippen molar-refractivity contribution in [1.82, 2.24) is 5.32 Å². The van der Waals surface area contributed by atoms with Gasteiger partial charge in [-0.15, -0.1) is 0 Å². The van der Waals surface area contributed by atoms with E-state index < -0.39 is 17.6 Å². The van der Waals surface area contributed by atoms with E-state index in [-0.39, 0.29) is 34.7 Å². The van der Waals surface area contributed by atoms with Gasteiger partial charge in [-0.3, -0.25) is 9.59 Å². The van der Waals surface area contributed by atoms with Crippen molar-refractivity contribution in [1.29, 1.82) is 5.26 Å². The Kier molecular flexibility index (Phi) is 8.28. The molecule has 172 valence electrons. The molecular formula is C24H23ClFN3O4. The molecular weight excluding hydrogens is 449 g/mol. The fraction of sp³-hybridized carbons (Fsp3) is 0.292. The molecule has 1 aliphatic rings. The van der Waals surface area contributed by atoms with Crippen LogP contribution in [0.15, 0.2) is 42.0 Å². The third-order valence-electron chi connectivity index (χ3n) is 5.09. The SMILES string of the molecule is COc1cc(/C=C(/C#N)C(=O)NC2CCCC2)cc(Cl)c1OCC(=O)Nc1ccc(F)cc1. The quantitative estimate of drug-likeness (QED) is 0.437. The lowest BCUT2D eigenvalue weighted by Gasteiger charge is -2.14. The summed E-state index contributed by atoms with van der Waals surface area (Å²) in [5.41, 5.74) is 0.842. The van der Waals surface area contributed by atoms with Crippen LogP contribution in [0.25, 0.3) is 6.08 Å². The molecule has 0 atom stereocenters. The first-order valence-electron chi connectivity index (χ1n) is 10.4. The maximum absolute atomic E-state index is 13.0. The van der Waals surface area contributed by atoms with Crippen molar-refractivity contribution in [3.05, 3.63) is 58.4 Å². The molecule has 1 saturated carbocycles. The molecule has 2 aromatic carbocycles. The van der Waals surface area contributed by atoms with Gasteiger partial charge >= 0.3 is 0 Å². The normalized spacial score (nSPS) is 13.8. The molecule has 7 nitrogen and oxygen atoms in total. The van der Waals surface area contributed by atoms with Crippen LogP contribution in [-0.4, -0.2) is 31.6 Å². The van der Waals surface area contributed by atoms with Gasteiger partial charge < -0.3 is 20.1 Å². The van der Waals surface area contributed by atoms with E-state index >= 15 is 0 Å². The van der Waals surface area contributed by atoms with E-state index in [0.29, 0.717) is 11.3 Å². The number of methoxy groups -OCH3 is 1. The van der Waals surface area contributed by atoms with Gasteiger partial charge in [0.25, 0.3) is 11.8 Å². The van der Waals surface area contributed by atoms with Crippen LogP contribution in [0.4, 0.5) is 10.1 Å². The highest BCUT2D eigenvalue weighted by atomic mass is 35.5. The summed E-state index contributed by atoms with van der Waals surface area (Å²) in [6.45, 7) is -0.365. The summed E-state index contributed by atoms with van der Waals surface area (Å²) in [6, 6.07) is 10.4. The summed E-state index contributed by atoms with van der Waals surface area (Å²) in [6.07, 6.45) is 5.36. The van der Waals surface area contributed by atoms with Gasteiger partial charge in [-0.1, -0.05) is 24.4 Å². The largest absolute Gasteiger partial charge is 0.493 e. The molecule has 2 aromatic rings. The minimum absolute atomic E-state index is 0.0487. The lowest BCUT2D eigenvalue weighted by atomic mass is 10.1. The van der Waals surface area contributed by atoms with Crippen molar-refractivity contribution < 1.29 is 23.5 Å². The summed E-state index contributed by atoms with van der Waals surface area (Å²) in [5.74, 6) is -0.946. The number of hydrogen-bond acceptors (Lipinski definition) is 5. The Morgan fingerprint density at radius 1 is 1.24 bits per heavy atom. The number of ether oxygens (including phenoxy) is 2. The summed E-state index contributed by atoms with van der Waals surface area (Å²) < 4.78 is 23.8. The molecule has 0 saturated heterocycles. The van der Waals surface area contributed by atoms with Crippen molar-refractivity contribution in [2.24, 2.45) is 0 Å². The number of rotatable bonds is 8. The highest BCUT2D eigenvalue weighted by Crippen LogP contribution is 2.37. The standard InChI is InChI=1S/C24H23ClFN3O4/c1-32-21-12-15(10-16(13-27)24(31)29-18-4-2-3-5-18)11-20(25)23(21)33-14-22(30)28-19-8-6-17(26)7-9-19/h6-12,18H,2-5,14H2,1H3,(H,28,30)(H,29,31)/b16-10-. The summed E-state index contributed by atoms with van der Waals surface area (Å²) in [4.78, 5) is 24.6. The molecule has 9 heteroatoms. The van der Waals surface area contributed by atoms with Crippen molar-refractivity contribution in [2.75, 3.05) is 19.0 Å². The van der Waals surface area contributed by atoms with Crippen LogP contribution >= 0.6 is 11.6 Å². The predicted octanol–water partition coefficient (Wildman–Crippen LogP) is 4.47. The van der Waals surface area contributed by atoms with Crippen molar-refractivity contribution in [2.45, 2.75) is 31.7 Å². The molecule has 1 fully saturated rings. The van der Waals surface area contributed by atoms with Crippen LogP contribution in [-0.2, 0) is 9.59 Å². The maximum atomic E-state index is 13.0. The van der Waals surface area contributed by atoms with Gasteiger partial charge in [0.2, 0.25) is 0 Å². The Morgan fingerprint density at radius 3 is 2.58 bits per heavy atom. The van der Waals surface area contributed by atoms with Gasteiger partial charge in [-0.05, 0) is 60.9 Å². The molecule has 0 aromatic heterocycles. The van der Waals surface area contributed by atoms with Crippen LogP contribution in [0.3, 0.4) is 0 Å². The fourth-order valence-electron chi connectivity index (χ4n) is 3.48. The Bertz CT molecular complexity index is 1090. The fourth-order valence-corrected chi connectivity index (χ4v) is 3.75. The lowest BCUT2D eigenvalue weighted by molar-refractivity contribution is -0.118. The number of nitrogens with one attached hydrogen (secondary N) is 2. The first-order chi connectivity index (χ1) is 15.9. The molecule has 2 amide bonds. The number of hydrogen-bond donors (Lipinski definition) is 2. The van der Waals surface area contributed by atoms with E-state index in [9.17, 15) is 19.2 Å². The second kappa shape index (κ2) is 11.3. The zero-order valence-electron chi connectivity index (χ0n) is 18.0. The highest BCUT2D eigenvalue weighted by molar-refractivity contribution is 6.32. The molecule has 1 aliphatic carbocycles. The number of carbonyl (C=O) groups excluding carboxylic acids is 2. The minimum Gasteiger partial charge on any atom is -0.493 e. The predicted molar refractivity (Wildman–Crippen MR) is 123 cm³/mol. The first kappa shape index (κ1) is 24.1. The molecule has 0 radical (unpaired) electrons. The molecule has 33 heavy (non-hydrogen) atoms. The Morgan fingerprint density at radius 2 is 1.94 bits per heavy atom. The third-order valence-corrected chi connectivity index (χ3v) is 5.37. The average molecular weight is 472 g/mol. The molecule has 2 N–H and O–H groups in total. The molecule has 0 heterocycles. The number of nitriles is 1. The molecule has 3 rings (SSSR count). The van der Waals surface area contributed by atoms with Gasteiger partial charge in [-0.2, -0.15) is 5.26 Å². The van der Waals surface area contributed by atoms with E-state index in [4.69, 9.17) is 21.1 Å². The Hall–Kier alpha value is -3.57. The zero-order valence-corrected chi connectivity index (χ0v) is 18.7. The molecule has 0 bridgehead atoms. The minimum atomic E-state index is -0.473. The van der Waals surface area contributed by atoms with Gasteiger partial charge in [0.1, 0.15) is 17.5 Å². The molecule has 0 spiro atoms. The Labute approximate surface area is 196 Å². The van der Waals surface area contributed by atoms with Gasteiger partial charge in [0, 0.05) is 11.7 Å². The number of carbonyl (C=O) groups is 2. The van der Waals surface area contributed by atoms with Crippen LogP contribution in [0.5, 0.6) is 11.5 Å². The van der Waals surface area contributed by atoms with Crippen LogP contribution in [0.1, 0.15) is 31.2 Å². The van der Waals surface area contributed by atoms with E-state index in [2.05, 4.69) is 10.6 Å². The number of amides is 2. The Balaban J connectivity index is 1.69. The van der Waals surface area contributed by atoms with Crippen molar-refractivity contribution >= 4 is 35.2 Å². The zero-order chi connectivity index (χ0) is 23.8. The highest BCUT2D eigenvalue weighted by Gasteiger charge is 2.20. The summed E-state index contributed by atoms with van der Waals surface area (Å²) in [5, 5.41) is 15.0. The number of nitrogens with zero attached hydrogens (tertiary/aromatic N) is 1. The number of benzene rings is 2. The van der Waals surface area contributed by atoms with E-state index in [1.807, 2.05) is 6.07 Å². The second-order valence-electron chi connectivity index (χ2n) is 7.50. The van der Waals surface area contributed by atoms with E-state index in [0.717, 1.165) is 25.7 Å². The molecule has 0 aliphatic heterocycles. The number of halogens is 2. The third kappa shape index (κ3) is 6.70. The van der Waals surface area contributed by atoms with E-state index in [1.54, 1.807) is 6.07 Å². The van der Waals surface area contributed by atoms with Crippen LogP contribution in [0.2, 0.25) is 5.02 Å². The topological polar surface area (TPSA) is 100 Å². The van der Waals surface area contributed by atoms with Crippen LogP contribution in [0, 0.1) is 17.1 Å². The van der Waals surface area contributed by atoms with Gasteiger partial charge in [-0.25, -0.2) is 4.39 Å². The van der Waals surface area contributed by atoms with Crippen molar-refractivity contribution in [3.63, 3.8) is 0 Å².